The molecule has 1 aromatic rings. The van der Waals surface area contributed by atoms with Gasteiger partial charge in [-0.1, -0.05) is 25.9 Å². The Morgan fingerprint density at radius 3 is 2.47 bits per heavy atom. The van der Waals surface area contributed by atoms with Crippen LogP contribution in [0.2, 0.25) is 0 Å². The first kappa shape index (κ1) is 11.7. The number of nitrogens with zero attached hydrogens (tertiary/aromatic N) is 2. The summed E-state index contributed by atoms with van der Waals surface area (Å²) in [6.07, 6.45) is 0. The van der Waals surface area contributed by atoms with Gasteiger partial charge in [-0.05, 0) is 6.92 Å². The van der Waals surface area contributed by atoms with Crippen LogP contribution in [0.15, 0.2) is 4.52 Å². The lowest BCUT2D eigenvalue weighted by molar-refractivity contribution is -0.129. The highest BCUT2D eigenvalue weighted by Gasteiger charge is 2.24. The quantitative estimate of drug-likeness (QED) is 0.806. The Balaban J connectivity index is 2.64. The Bertz CT molecular complexity index is 352. The lowest BCUT2D eigenvalue weighted by Crippen LogP contribution is -2.36. The zero-order valence-corrected chi connectivity index (χ0v) is 9.79. The first-order valence-electron chi connectivity index (χ1n) is 4.92. The van der Waals surface area contributed by atoms with Crippen molar-refractivity contribution in [3.05, 3.63) is 11.7 Å². The Labute approximate surface area is 89.2 Å². The Morgan fingerprint density at radius 2 is 2.07 bits per heavy atom. The maximum atomic E-state index is 11.7. The predicted octanol–water partition coefficient (Wildman–Crippen LogP) is 1.60. The smallest absolute Gasteiger partial charge is 0.225 e. The van der Waals surface area contributed by atoms with Crippen molar-refractivity contribution in [2.45, 2.75) is 40.7 Å². The fraction of sp³-hybridized carbons (Fsp3) is 0.700. The minimum atomic E-state index is -0.410. The number of hydrogen-bond donors (Lipinski definition) is 1. The molecular formula is C10H17N3O2. The van der Waals surface area contributed by atoms with E-state index in [9.17, 15) is 4.79 Å². The van der Waals surface area contributed by atoms with Crippen molar-refractivity contribution in [1.82, 2.24) is 15.5 Å². The molecule has 0 saturated carbocycles. The van der Waals surface area contributed by atoms with Crippen LogP contribution in [0.4, 0.5) is 0 Å². The maximum Gasteiger partial charge on any atom is 0.225 e. The summed E-state index contributed by atoms with van der Waals surface area (Å²) in [5.41, 5.74) is -0.410. The molecule has 1 atom stereocenters. The molecule has 0 radical (unpaired) electrons. The number of aryl methyl sites for hydroxylation is 1. The molecule has 1 heterocycles. The Kier molecular flexibility index (Phi) is 3.12. The number of hydrogen-bond acceptors (Lipinski definition) is 4. The van der Waals surface area contributed by atoms with Gasteiger partial charge in [0.2, 0.25) is 11.8 Å². The van der Waals surface area contributed by atoms with E-state index in [-0.39, 0.29) is 11.9 Å². The van der Waals surface area contributed by atoms with Crippen LogP contribution < -0.4 is 5.32 Å². The highest BCUT2D eigenvalue weighted by Crippen LogP contribution is 2.16. The summed E-state index contributed by atoms with van der Waals surface area (Å²) >= 11 is 0. The molecule has 0 spiro atoms. The molecule has 1 amide bonds. The molecule has 0 aromatic carbocycles. The second-order valence-corrected chi connectivity index (χ2v) is 4.62. The van der Waals surface area contributed by atoms with Gasteiger partial charge in [0.05, 0.1) is 6.04 Å². The summed E-state index contributed by atoms with van der Waals surface area (Å²) in [5.74, 6) is 0.976. The van der Waals surface area contributed by atoms with Crippen LogP contribution in [-0.2, 0) is 4.79 Å². The van der Waals surface area contributed by atoms with Crippen LogP contribution in [0.3, 0.4) is 0 Å². The van der Waals surface area contributed by atoms with E-state index in [4.69, 9.17) is 4.52 Å². The summed E-state index contributed by atoms with van der Waals surface area (Å²) in [7, 11) is 0. The van der Waals surface area contributed by atoms with E-state index in [1.807, 2.05) is 27.7 Å². The minimum Gasteiger partial charge on any atom is -0.346 e. The van der Waals surface area contributed by atoms with Crippen molar-refractivity contribution in [2.75, 3.05) is 0 Å². The van der Waals surface area contributed by atoms with E-state index in [1.165, 1.54) is 0 Å². The molecule has 1 aromatic heterocycles. The van der Waals surface area contributed by atoms with Crippen LogP contribution in [0.5, 0.6) is 0 Å². The van der Waals surface area contributed by atoms with Gasteiger partial charge in [-0.3, -0.25) is 4.79 Å². The molecule has 1 N–H and O–H groups in total. The predicted molar refractivity (Wildman–Crippen MR) is 55.0 cm³/mol. The van der Waals surface area contributed by atoms with Crippen LogP contribution in [-0.4, -0.2) is 16.0 Å². The van der Waals surface area contributed by atoms with Gasteiger partial charge in [0.1, 0.15) is 0 Å². The molecule has 0 fully saturated rings. The number of aromatic nitrogens is 2. The Hall–Kier alpha value is -1.39. The molecular weight excluding hydrogens is 194 g/mol. The zero-order valence-electron chi connectivity index (χ0n) is 9.79. The lowest BCUT2D eigenvalue weighted by Gasteiger charge is -2.20. The summed E-state index contributed by atoms with van der Waals surface area (Å²) in [6.45, 7) is 9.12. The van der Waals surface area contributed by atoms with Crippen molar-refractivity contribution in [3.63, 3.8) is 0 Å². The summed E-state index contributed by atoms with van der Waals surface area (Å²) in [4.78, 5) is 15.7. The molecule has 84 valence electrons. The first-order chi connectivity index (χ1) is 6.80. The third kappa shape index (κ3) is 3.04. The zero-order chi connectivity index (χ0) is 11.6. The molecule has 0 saturated heterocycles. The molecule has 0 bridgehead atoms. The number of carbonyl (C=O) groups is 1. The topological polar surface area (TPSA) is 68.0 Å². The average Bonchev–Trinajstić information content (AvgIpc) is 2.50. The van der Waals surface area contributed by atoms with Gasteiger partial charge < -0.3 is 9.84 Å². The molecule has 1 rings (SSSR count). The largest absolute Gasteiger partial charge is 0.346 e. The van der Waals surface area contributed by atoms with Gasteiger partial charge >= 0.3 is 0 Å². The average molecular weight is 211 g/mol. The lowest BCUT2D eigenvalue weighted by atomic mass is 9.95. The van der Waals surface area contributed by atoms with E-state index >= 15 is 0 Å². The molecule has 5 nitrogen and oxygen atoms in total. The van der Waals surface area contributed by atoms with Crippen LogP contribution in [0, 0.1) is 12.3 Å². The standard InChI is InChI=1S/C10H17N3O2/c1-6(8-12-7(2)15-13-8)11-9(14)10(3,4)5/h6H,1-5H3,(H,11,14)/t6-/m0/s1. The van der Waals surface area contributed by atoms with Crippen LogP contribution in [0.1, 0.15) is 45.5 Å². The van der Waals surface area contributed by atoms with Gasteiger partial charge in [-0.15, -0.1) is 0 Å². The molecule has 0 aliphatic carbocycles. The second kappa shape index (κ2) is 4.00. The fourth-order valence-corrected chi connectivity index (χ4v) is 0.969. The summed E-state index contributed by atoms with van der Waals surface area (Å²) in [6, 6.07) is -0.228. The van der Waals surface area contributed by atoms with Crippen molar-refractivity contribution in [1.29, 1.82) is 0 Å². The third-order valence-electron chi connectivity index (χ3n) is 1.96. The molecule has 0 unspecified atom stereocenters. The van der Waals surface area contributed by atoms with Crippen molar-refractivity contribution < 1.29 is 9.32 Å². The van der Waals surface area contributed by atoms with Crippen molar-refractivity contribution >= 4 is 5.91 Å². The minimum absolute atomic E-state index is 0.0301. The molecule has 0 aliphatic rings. The SMILES string of the molecule is Cc1nc([C@H](C)NC(=O)C(C)(C)C)no1. The van der Waals surface area contributed by atoms with Crippen molar-refractivity contribution in [3.8, 4) is 0 Å². The van der Waals surface area contributed by atoms with Gasteiger partial charge in [-0.25, -0.2) is 0 Å². The van der Waals surface area contributed by atoms with E-state index in [2.05, 4.69) is 15.5 Å². The van der Waals surface area contributed by atoms with Crippen LogP contribution in [0.25, 0.3) is 0 Å². The van der Waals surface area contributed by atoms with Gasteiger partial charge in [0, 0.05) is 12.3 Å². The van der Waals surface area contributed by atoms with E-state index in [0.29, 0.717) is 11.7 Å². The van der Waals surface area contributed by atoms with E-state index in [1.54, 1.807) is 6.92 Å². The van der Waals surface area contributed by atoms with Gasteiger partial charge in [0.25, 0.3) is 0 Å². The third-order valence-corrected chi connectivity index (χ3v) is 1.96. The fourth-order valence-electron chi connectivity index (χ4n) is 0.969. The number of rotatable bonds is 2. The number of nitrogens with one attached hydrogen (secondary N) is 1. The van der Waals surface area contributed by atoms with E-state index in [0.717, 1.165) is 0 Å². The van der Waals surface area contributed by atoms with Crippen LogP contribution >= 0.6 is 0 Å². The monoisotopic (exact) mass is 211 g/mol. The first-order valence-corrected chi connectivity index (χ1v) is 4.92. The number of amides is 1. The maximum absolute atomic E-state index is 11.7. The van der Waals surface area contributed by atoms with Crippen molar-refractivity contribution in [2.24, 2.45) is 5.41 Å². The molecule has 15 heavy (non-hydrogen) atoms. The highest BCUT2D eigenvalue weighted by molar-refractivity contribution is 5.81. The number of carbonyl (C=O) groups excluding carboxylic acids is 1. The summed E-state index contributed by atoms with van der Waals surface area (Å²) < 4.78 is 4.84. The van der Waals surface area contributed by atoms with E-state index < -0.39 is 5.41 Å². The Morgan fingerprint density at radius 1 is 1.47 bits per heavy atom. The molecule has 0 aliphatic heterocycles. The van der Waals surface area contributed by atoms with Gasteiger partial charge in [-0.2, -0.15) is 4.98 Å². The normalized spacial score (nSPS) is 13.7. The second-order valence-electron chi connectivity index (χ2n) is 4.62. The molecule has 5 heteroatoms. The van der Waals surface area contributed by atoms with Gasteiger partial charge in [0.15, 0.2) is 5.82 Å². The summed E-state index contributed by atoms with van der Waals surface area (Å²) in [5, 5.41) is 6.58. The highest BCUT2D eigenvalue weighted by atomic mass is 16.5.